The zero-order chi connectivity index (χ0) is 18.5. The minimum Gasteiger partial charge on any atom is -0.372 e. The Hall–Kier alpha value is -2.53. The standard InChI is InChI=1S/C20H22ClN3O2/c1-14-10-12-24(13-11-14)18-8-6-17(7-9-18)23-20(26)19(25)22-16-4-2-15(21)3-5-16/h2-9,14H,10-13H2,1H3,(H,22,25)(H,23,26). The van der Waals surface area contributed by atoms with E-state index in [0.29, 0.717) is 16.4 Å². The summed E-state index contributed by atoms with van der Waals surface area (Å²) in [6.07, 6.45) is 2.40. The molecule has 0 spiro atoms. The van der Waals surface area contributed by atoms with E-state index in [9.17, 15) is 9.59 Å². The molecule has 136 valence electrons. The summed E-state index contributed by atoms with van der Waals surface area (Å²) in [5.74, 6) is -0.648. The number of piperidine rings is 1. The predicted molar refractivity (Wildman–Crippen MR) is 106 cm³/mol. The Morgan fingerprint density at radius 2 is 1.35 bits per heavy atom. The highest BCUT2D eigenvalue weighted by atomic mass is 35.5. The van der Waals surface area contributed by atoms with Gasteiger partial charge >= 0.3 is 11.8 Å². The molecule has 0 bridgehead atoms. The molecule has 0 aliphatic carbocycles. The van der Waals surface area contributed by atoms with E-state index in [1.54, 1.807) is 24.3 Å². The number of halogens is 1. The Balaban J connectivity index is 1.55. The number of nitrogens with zero attached hydrogens (tertiary/aromatic N) is 1. The summed E-state index contributed by atoms with van der Waals surface area (Å²) in [5, 5.41) is 5.72. The molecule has 2 aromatic carbocycles. The lowest BCUT2D eigenvalue weighted by molar-refractivity contribution is -0.132. The number of rotatable bonds is 3. The molecule has 1 heterocycles. The van der Waals surface area contributed by atoms with Crippen molar-refractivity contribution in [1.29, 1.82) is 0 Å². The molecule has 0 aromatic heterocycles. The van der Waals surface area contributed by atoms with Crippen LogP contribution in [0, 0.1) is 5.92 Å². The van der Waals surface area contributed by atoms with E-state index in [1.807, 2.05) is 24.3 Å². The first kappa shape index (κ1) is 18.3. The van der Waals surface area contributed by atoms with Gasteiger partial charge in [-0.15, -0.1) is 0 Å². The van der Waals surface area contributed by atoms with Gasteiger partial charge in [0.2, 0.25) is 0 Å². The van der Waals surface area contributed by atoms with Gasteiger partial charge in [-0.2, -0.15) is 0 Å². The van der Waals surface area contributed by atoms with E-state index in [0.717, 1.165) is 24.7 Å². The number of benzene rings is 2. The molecule has 1 saturated heterocycles. The van der Waals surface area contributed by atoms with Crippen molar-refractivity contribution in [2.45, 2.75) is 19.8 Å². The third-order valence-corrected chi connectivity index (χ3v) is 4.83. The maximum atomic E-state index is 12.0. The van der Waals surface area contributed by atoms with Crippen LogP contribution in [0.1, 0.15) is 19.8 Å². The smallest absolute Gasteiger partial charge is 0.314 e. The lowest BCUT2D eigenvalue weighted by atomic mass is 9.99. The minimum absolute atomic E-state index is 0.518. The van der Waals surface area contributed by atoms with Gasteiger partial charge in [-0.1, -0.05) is 18.5 Å². The van der Waals surface area contributed by atoms with Crippen molar-refractivity contribution in [3.8, 4) is 0 Å². The fraction of sp³-hybridized carbons (Fsp3) is 0.300. The van der Waals surface area contributed by atoms with Crippen molar-refractivity contribution in [1.82, 2.24) is 0 Å². The maximum absolute atomic E-state index is 12.0. The summed E-state index contributed by atoms with van der Waals surface area (Å²) in [4.78, 5) is 26.4. The maximum Gasteiger partial charge on any atom is 0.314 e. The fourth-order valence-electron chi connectivity index (χ4n) is 2.93. The number of anilines is 3. The second kappa shape index (κ2) is 8.23. The highest BCUT2D eigenvalue weighted by Gasteiger charge is 2.17. The van der Waals surface area contributed by atoms with E-state index in [-0.39, 0.29) is 0 Å². The molecule has 0 atom stereocenters. The number of nitrogens with one attached hydrogen (secondary N) is 2. The van der Waals surface area contributed by atoms with Crippen LogP contribution in [0.2, 0.25) is 5.02 Å². The molecule has 6 heteroatoms. The quantitative estimate of drug-likeness (QED) is 0.796. The molecule has 1 fully saturated rings. The summed E-state index contributed by atoms with van der Waals surface area (Å²) >= 11 is 5.80. The third-order valence-electron chi connectivity index (χ3n) is 4.58. The average molecular weight is 372 g/mol. The molecule has 3 rings (SSSR count). The van der Waals surface area contributed by atoms with Crippen LogP contribution in [-0.4, -0.2) is 24.9 Å². The highest BCUT2D eigenvalue weighted by Crippen LogP contribution is 2.24. The summed E-state index contributed by atoms with van der Waals surface area (Å²) in [5.41, 5.74) is 2.25. The normalized spacial score (nSPS) is 14.8. The highest BCUT2D eigenvalue weighted by molar-refractivity contribution is 6.43. The van der Waals surface area contributed by atoms with Gasteiger partial charge < -0.3 is 15.5 Å². The van der Waals surface area contributed by atoms with Crippen molar-refractivity contribution >= 4 is 40.5 Å². The van der Waals surface area contributed by atoms with Gasteiger partial charge in [0.15, 0.2) is 0 Å². The van der Waals surface area contributed by atoms with Crippen LogP contribution < -0.4 is 15.5 Å². The Bertz CT molecular complexity index is 767. The summed E-state index contributed by atoms with van der Waals surface area (Å²) < 4.78 is 0. The van der Waals surface area contributed by atoms with Crippen molar-refractivity contribution in [3.63, 3.8) is 0 Å². The first-order valence-corrected chi connectivity index (χ1v) is 9.12. The second-order valence-electron chi connectivity index (χ2n) is 6.63. The van der Waals surface area contributed by atoms with Gasteiger partial charge in [0.1, 0.15) is 0 Å². The Kier molecular flexibility index (Phi) is 5.78. The molecule has 0 saturated carbocycles. The largest absolute Gasteiger partial charge is 0.372 e. The zero-order valence-corrected chi connectivity index (χ0v) is 15.4. The van der Waals surface area contributed by atoms with E-state index in [2.05, 4.69) is 22.5 Å². The van der Waals surface area contributed by atoms with Gasteiger partial charge in [0, 0.05) is 35.2 Å². The van der Waals surface area contributed by atoms with Crippen LogP contribution in [0.3, 0.4) is 0 Å². The van der Waals surface area contributed by atoms with Crippen molar-refractivity contribution in [3.05, 3.63) is 53.6 Å². The molecular formula is C20H22ClN3O2. The van der Waals surface area contributed by atoms with Gasteiger partial charge in [-0.3, -0.25) is 9.59 Å². The van der Waals surface area contributed by atoms with E-state index in [4.69, 9.17) is 11.6 Å². The van der Waals surface area contributed by atoms with Crippen LogP contribution in [0.5, 0.6) is 0 Å². The van der Waals surface area contributed by atoms with Crippen LogP contribution in [0.15, 0.2) is 48.5 Å². The number of hydrogen-bond acceptors (Lipinski definition) is 3. The van der Waals surface area contributed by atoms with Crippen LogP contribution in [0.25, 0.3) is 0 Å². The van der Waals surface area contributed by atoms with Gasteiger partial charge in [-0.25, -0.2) is 0 Å². The lowest BCUT2D eigenvalue weighted by Crippen LogP contribution is -2.32. The van der Waals surface area contributed by atoms with E-state index in [1.165, 1.54) is 12.8 Å². The van der Waals surface area contributed by atoms with E-state index >= 15 is 0 Å². The SMILES string of the molecule is CC1CCN(c2ccc(NC(=O)C(=O)Nc3ccc(Cl)cc3)cc2)CC1. The molecule has 2 amide bonds. The molecular weight excluding hydrogens is 350 g/mol. The summed E-state index contributed by atoms with van der Waals surface area (Å²) in [7, 11) is 0. The Morgan fingerprint density at radius 1 is 0.885 bits per heavy atom. The van der Waals surface area contributed by atoms with Crippen molar-refractivity contribution in [2.75, 3.05) is 28.6 Å². The second-order valence-corrected chi connectivity index (χ2v) is 7.07. The topological polar surface area (TPSA) is 61.4 Å². The molecule has 0 radical (unpaired) electrons. The number of carbonyl (C=O) groups excluding carboxylic acids is 2. The van der Waals surface area contributed by atoms with E-state index < -0.39 is 11.8 Å². The van der Waals surface area contributed by atoms with Gasteiger partial charge in [0.05, 0.1) is 0 Å². The van der Waals surface area contributed by atoms with Crippen molar-refractivity contribution < 1.29 is 9.59 Å². The Labute approximate surface area is 158 Å². The molecule has 2 N–H and O–H groups in total. The van der Waals surface area contributed by atoms with Crippen LogP contribution in [0.4, 0.5) is 17.1 Å². The van der Waals surface area contributed by atoms with Crippen LogP contribution in [-0.2, 0) is 9.59 Å². The minimum atomic E-state index is -0.721. The molecule has 1 aliphatic heterocycles. The van der Waals surface area contributed by atoms with Crippen molar-refractivity contribution in [2.24, 2.45) is 5.92 Å². The molecule has 1 aliphatic rings. The number of hydrogen-bond donors (Lipinski definition) is 2. The predicted octanol–water partition coefficient (Wildman–Crippen LogP) is 4.15. The third kappa shape index (κ3) is 4.76. The number of amides is 2. The molecule has 0 unspecified atom stereocenters. The van der Waals surface area contributed by atoms with Crippen LogP contribution >= 0.6 is 11.6 Å². The Morgan fingerprint density at radius 3 is 1.85 bits per heavy atom. The first-order chi connectivity index (χ1) is 12.5. The summed E-state index contributed by atoms with van der Waals surface area (Å²) in [6.45, 7) is 4.39. The molecule has 2 aromatic rings. The lowest BCUT2D eigenvalue weighted by Gasteiger charge is -2.32. The average Bonchev–Trinajstić information content (AvgIpc) is 2.65. The van der Waals surface area contributed by atoms with Gasteiger partial charge in [-0.05, 0) is 67.3 Å². The molecule has 26 heavy (non-hydrogen) atoms. The van der Waals surface area contributed by atoms with Gasteiger partial charge in [0.25, 0.3) is 0 Å². The molecule has 5 nitrogen and oxygen atoms in total. The summed E-state index contributed by atoms with van der Waals surface area (Å²) in [6, 6.07) is 14.2. The first-order valence-electron chi connectivity index (χ1n) is 8.74. The fourth-order valence-corrected chi connectivity index (χ4v) is 3.06. The number of carbonyl (C=O) groups is 2. The monoisotopic (exact) mass is 371 g/mol. The zero-order valence-electron chi connectivity index (χ0n) is 14.7.